The van der Waals surface area contributed by atoms with Gasteiger partial charge in [0.25, 0.3) is 5.91 Å². The van der Waals surface area contributed by atoms with Crippen molar-refractivity contribution in [3.63, 3.8) is 0 Å². The van der Waals surface area contributed by atoms with E-state index in [0.29, 0.717) is 0 Å². The second kappa shape index (κ2) is 9.45. The number of para-hydroxylation sites is 1. The molecule has 0 aliphatic carbocycles. The number of hydrogen-bond donors (Lipinski definition) is 2. The van der Waals surface area contributed by atoms with Gasteiger partial charge in [0.15, 0.2) is 6.61 Å². The first-order chi connectivity index (χ1) is 13.6. The minimum atomic E-state index is -4.48. The lowest BCUT2D eigenvalue weighted by Gasteiger charge is -2.17. The van der Waals surface area contributed by atoms with Crippen LogP contribution in [0.1, 0.15) is 36.7 Å². The summed E-state index contributed by atoms with van der Waals surface area (Å²) in [6.45, 7) is 5.30. The van der Waals surface area contributed by atoms with Gasteiger partial charge >= 0.3 is 12.1 Å². The van der Waals surface area contributed by atoms with Crippen molar-refractivity contribution in [3.8, 4) is 0 Å². The van der Waals surface area contributed by atoms with E-state index >= 15 is 0 Å². The Labute approximate surface area is 167 Å². The summed E-state index contributed by atoms with van der Waals surface area (Å²) in [5.41, 5.74) is -0.260. The zero-order valence-electron chi connectivity index (χ0n) is 16.3. The van der Waals surface area contributed by atoms with Crippen LogP contribution >= 0.6 is 0 Å². The van der Waals surface area contributed by atoms with Crippen molar-refractivity contribution in [2.24, 2.45) is 5.92 Å². The summed E-state index contributed by atoms with van der Waals surface area (Å²) < 4.78 is 43.7. The van der Waals surface area contributed by atoms with Crippen molar-refractivity contribution < 1.29 is 27.5 Å². The van der Waals surface area contributed by atoms with Gasteiger partial charge in [-0.2, -0.15) is 13.2 Å². The van der Waals surface area contributed by atoms with Gasteiger partial charge in [-0.15, -0.1) is 0 Å². The zero-order valence-corrected chi connectivity index (χ0v) is 16.3. The number of nitrogens with one attached hydrogen (secondary N) is 2. The summed E-state index contributed by atoms with van der Waals surface area (Å²) in [6, 6.07) is 10.8. The Kier molecular flexibility index (Phi) is 7.25. The molecule has 2 rings (SSSR count). The molecule has 0 heterocycles. The summed E-state index contributed by atoms with van der Waals surface area (Å²) in [6.07, 6.45) is -4.48. The molecule has 0 radical (unpaired) electrons. The molecule has 0 saturated carbocycles. The average molecular weight is 408 g/mol. The molecular formula is C21H23F3N2O3. The topological polar surface area (TPSA) is 67.4 Å². The number of benzene rings is 2. The fourth-order valence-electron chi connectivity index (χ4n) is 2.37. The van der Waals surface area contributed by atoms with Crippen LogP contribution in [0.2, 0.25) is 0 Å². The van der Waals surface area contributed by atoms with E-state index in [1.165, 1.54) is 24.3 Å². The molecule has 0 aliphatic rings. The molecule has 0 aliphatic heterocycles. The van der Waals surface area contributed by atoms with Crippen LogP contribution in [0.3, 0.4) is 0 Å². The fraction of sp³-hybridized carbons (Fsp3) is 0.333. The van der Waals surface area contributed by atoms with Crippen LogP contribution in [0.4, 0.5) is 24.5 Å². The number of hydrogen-bond acceptors (Lipinski definition) is 4. The monoisotopic (exact) mass is 408 g/mol. The summed E-state index contributed by atoms with van der Waals surface area (Å²) in [7, 11) is 0. The SMILES string of the molecule is CC(C)[C@H](C)NC(=O)COC(=O)c1ccccc1Nc1cccc(C(F)(F)F)c1. The largest absolute Gasteiger partial charge is 0.452 e. The van der Waals surface area contributed by atoms with Crippen molar-refractivity contribution in [2.75, 3.05) is 11.9 Å². The summed E-state index contributed by atoms with van der Waals surface area (Å²) in [5, 5.41) is 5.52. The molecule has 156 valence electrons. The molecule has 0 aromatic heterocycles. The Morgan fingerprint density at radius 3 is 2.38 bits per heavy atom. The van der Waals surface area contributed by atoms with E-state index in [-0.39, 0.29) is 28.9 Å². The summed E-state index contributed by atoms with van der Waals surface area (Å²) >= 11 is 0. The van der Waals surface area contributed by atoms with E-state index in [1.54, 1.807) is 12.1 Å². The third-order valence-corrected chi connectivity index (χ3v) is 4.34. The van der Waals surface area contributed by atoms with E-state index in [1.807, 2.05) is 20.8 Å². The molecule has 1 atom stereocenters. The maximum absolute atomic E-state index is 12.9. The van der Waals surface area contributed by atoms with E-state index in [9.17, 15) is 22.8 Å². The maximum Gasteiger partial charge on any atom is 0.416 e. The molecule has 0 unspecified atom stereocenters. The van der Waals surface area contributed by atoms with Gasteiger partial charge in [-0.05, 0) is 43.2 Å². The van der Waals surface area contributed by atoms with E-state index in [4.69, 9.17) is 4.74 Å². The van der Waals surface area contributed by atoms with Crippen LogP contribution in [-0.4, -0.2) is 24.5 Å². The van der Waals surface area contributed by atoms with E-state index in [2.05, 4.69) is 10.6 Å². The smallest absolute Gasteiger partial charge is 0.416 e. The second-order valence-corrected chi connectivity index (χ2v) is 6.93. The molecule has 29 heavy (non-hydrogen) atoms. The first-order valence-corrected chi connectivity index (χ1v) is 9.07. The number of rotatable bonds is 7. The predicted molar refractivity (Wildman–Crippen MR) is 104 cm³/mol. The maximum atomic E-state index is 12.9. The predicted octanol–water partition coefficient (Wildman–Crippen LogP) is 4.77. The Hall–Kier alpha value is -3.03. The first-order valence-electron chi connectivity index (χ1n) is 9.07. The van der Waals surface area contributed by atoms with Gasteiger partial charge in [0, 0.05) is 11.7 Å². The molecule has 1 amide bonds. The Bertz CT molecular complexity index is 866. The molecule has 2 N–H and O–H groups in total. The van der Waals surface area contributed by atoms with Crippen LogP contribution in [-0.2, 0) is 15.7 Å². The van der Waals surface area contributed by atoms with Gasteiger partial charge in [-0.1, -0.05) is 32.0 Å². The molecule has 2 aromatic carbocycles. The number of alkyl halides is 3. The third-order valence-electron chi connectivity index (χ3n) is 4.34. The zero-order chi connectivity index (χ0) is 21.6. The van der Waals surface area contributed by atoms with Gasteiger partial charge in [0.05, 0.1) is 16.8 Å². The van der Waals surface area contributed by atoms with Crippen LogP contribution in [0.25, 0.3) is 0 Å². The Morgan fingerprint density at radius 2 is 1.72 bits per heavy atom. The molecule has 2 aromatic rings. The first kappa shape index (κ1) is 22.3. The third kappa shape index (κ3) is 6.51. The standard InChI is InChI=1S/C21H23F3N2O3/c1-13(2)14(3)25-19(27)12-29-20(28)17-9-4-5-10-18(17)26-16-8-6-7-15(11-16)21(22,23)24/h4-11,13-14,26H,12H2,1-3H3,(H,25,27)/t14-/m0/s1. The number of carbonyl (C=O) groups excluding carboxylic acids is 2. The van der Waals surface area contributed by atoms with E-state index < -0.39 is 30.2 Å². The van der Waals surface area contributed by atoms with Gasteiger partial charge in [0.1, 0.15) is 0 Å². The Morgan fingerprint density at radius 1 is 1.03 bits per heavy atom. The van der Waals surface area contributed by atoms with Crippen molar-refractivity contribution in [3.05, 3.63) is 59.7 Å². The number of anilines is 2. The molecule has 0 fully saturated rings. The van der Waals surface area contributed by atoms with E-state index in [0.717, 1.165) is 12.1 Å². The highest BCUT2D eigenvalue weighted by Crippen LogP contribution is 2.32. The molecule has 5 nitrogen and oxygen atoms in total. The number of carbonyl (C=O) groups is 2. The molecular weight excluding hydrogens is 385 g/mol. The van der Waals surface area contributed by atoms with Crippen LogP contribution in [0.15, 0.2) is 48.5 Å². The van der Waals surface area contributed by atoms with Crippen molar-refractivity contribution in [2.45, 2.75) is 33.0 Å². The minimum Gasteiger partial charge on any atom is -0.452 e. The number of ether oxygens (including phenoxy) is 1. The summed E-state index contributed by atoms with van der Waals surface area (Å²) in [4.78, 5) is 24.3. The average Bonchev–Trinajstić information content (AvgIpc) is 2.66. The van der Waals surface area contributed by atoms with Crippen LogP contribution in [0, 0.1) is 5.92 Å². The molecule has 0 saturated heterocycles. The van der Waals surface area contributed by atoms with Crippen molar-refractivity contribution >= 4 is 23.3 Å². The van der Waals surface area contributed by atoms with Gasteiger partial charge in [-0.25, -0.2) is 4.79 Å². The molecule has 0 bridgehead atoms. The van der Waals surface area contributed by atoms with Crippen LogP contribution < -0.4 is 10.6 Å². The lowest BCUT2D eigenvalue weighted by molar-refractivity contribution is -0.137. The molecule has 8 heteroatoms. The van der Waals surface area contributed by atoms with Crippen molar-refractivity contribution in [1.82, 2.24) is 5.32 Å². The number of esters is 1. The summed E-state index contributed by atoms with van der Waals surface area (Å²) in [5.74, 6) is -0.956. The van der Waals surface area contributed by atoms with Gasteiger partial charge in [0.2, 0.25) is 0 Å². The molecule has 0 spiro atoms. The lowest BCUT2D eigenvalue weighted by Crippen LogP contribution is -2.38. The van der Waals surface area contributed by atoms with Crippen LogP contribution in [0.5, 0.6) is 0 Å². The van der Waals surface area contributed by atoms with Gasteiger partial charge < -0.3 is 15.4 Å². The van der Waals surface area contributed by atoms with Crippen molar-refractivity contribution in [1.29, 1.82) is 0 Å². The Balaban J connectivity index is 2.09. The number of amides is 1. The quantitative estimate of drug-likeness (QED) is 0.648. The highest BCUT2D eigenvalue weighted by molar-refractivity contribution is 5.97. The van der Waals surface area contributed by atoms with Gasteiger partial charge in [-0.3, -0.25) is 4.79 Å². The fourth-order valence-corrected chi connectivity index (χ4v) is 2.37. The highest BCUT2D eigenvalue weighted by Gasteiger charge is 2.30. The second-order valence-electron chi connectivity index (χ2n) is 6.93. The number of halogens is 3. The normalized spacial score (nSPS) is 12.4. The highest BCUT2D eigenvalue weighted by atomic mass is 19.4. The minimum absolute atomic E-state index is 0.0731. The lowest BCUT2D eigenvalue weighted by atomic mass is 10.1.